The third-order valence-electron chi connectivity index (χ3n) is 3.96. The second kappa shape index (κ2) is 4.56. The summed E-state index contributed by atoms with van der Waals surface area (Å²) in [6.07, 6.45) is 3.47. The Bertz CT molecular complexity index is 576. The van der Waals surface area contributed by atoms with Crippen LogP contribution in [-0.4, -0.2) is 15.6 Å². The molecule has 1 aliphatic carbocycles. The molecule has 2 N–H and O–H groups in total. The molecular weight excluding hydrogens is 246 g/mol. The second-order valence-corrected chi connectivity index (χ2v) is 5.48. The van der Waals surface area contributed by atoms with Crippen molar-refractivity contribution in [3.8, 4) is 0 Å². The lowest BCUT2D eigenvalue weighted by Crippen LogP contribution is -2.25. The Morgan fingerprint density at radius 3 is 2.94 bits per heavy atom. The number of aryl methyl sites for hydroxylation is 1. The van der Waals surface area contributed by atoms with E-state index in [9.17, 15) is 0 Å². The summed E-state index contributed by atoms with van der Waals surface area (Å²) >= 11 is 6.04. The minimum Gasteiger partial charge on any atom is -0.328 e. The lowest BCUT2D eigenvalue weighted by molar-refractivity contribution is 0.550. The summed E-state index contributed by atoms with van der Waals surface area (Å²) in [6.45, 7) is 3.08. The average Bonchev–Trinajstić information content (AvgIpc) is 2.91. The third-order valence-corrected chi connectivity index (χ3v) is 4.19. The lowest BCUT2D eigenvalue weighted by atomic mass is 10.0. The van der Waals surface area contributed by atoms with Crippen LogP contribution in [0.3, 0.4) is 0 Å². The van der Waals surface area contributed by atoms with E-state index in [1.165, 1.54) is 6.42 Å². The molecule has 0 bridgehead atoms. The van der Waals surface area contributed by atoms with Crippen molar-refractivity contribution in [1.29, 1.82) is 0 Å². The molecule has 0 radical (unpaired) electrons. The monoisotopic (exact) mass is 263 g/mol. The topological polar surface area (TPSA) is 43.8 Å². The molecule has 2 atom stereocenters. The van der Waals surface area contributed by atoms with Crippen LogP contribution in [0.25, 0.3) is 11.0 Å². The highest BCUT2D eigenvalue weighted by molar-refractivity contribution is 6.31. The van der Waals surface area contributed by atoms with E-state index in [1.54, 1.807) is 0 Å². The molecule has 0 spiro atoms. The molecule has 1 aromatic carbocycles. The zero-order valence-electron chi connectivity index (χ0n) is 10.6. The van der Waals surface area contributed by atoms with Crippen molar-refractivity contribution in [3.05, 3.63) is 29.0 Å². The molecule has 4 heteroatoms. The van der Waals surface area contributed by atoms with Gasteiger partial charge in [0.1, 0.15) is 5.82 Å². The fraction of sp³-hybridized carbons (Fsp3) is 0.500. The van der Waals surface area contributed by atoms with Crippen LogP contribution in [0, 0.1) is 0 Å². The number of nitrogens with two attached hydrogens (primary N) is 1. The summed E-state index contributed by atoms with van der Waals surface area (Å²) in [5, 5.41) is 0.741. The van der Waals surface area contributed by atoms with Gasteiger partial charge in [-0.2, -0.15) is 0 Å². The highest BCUT2D eigenvalue weighted by atomic mass is 35.5. The number of aromatic nitrogens is 2. The molecule has 0 aliphatic heterocycles. The Kier molecular flexibility index (Phi) is 3.04. The predicted octanol–water partition coefficient (Wildman–Crippen LogP) is 3.30. The van der Waals surface area contributed by atoms with Crippen LogP contribution >= 0.6 is 11.6 Å². The number of hydrogen-bond donors (Lipinski definition) is 1. The van der Waals surface area contributed by atoms with Gasteiger partial charge in [0.25, 0.3) is 0 Å². The van der Waals surface area contributed by atoms with Gasteiger partial charge in [0.15, 0.2) is 0 Å². The SMILES string of the molecule is CCn1c(C2CCCC2N)nc2cc(Cl)ccc21. The van der Waals surface area contributed by atoms with Gasteiger partial charge in [-0.15, -0.1) is 0 Å². The van der Waals surface area contributed by atoms with Gasteiger partial charge >= 0.3 is 0 Å². The summed E-state index contributed by atoms with van der Waals surface area (Å²) < 4.78 is 2.28. The van der Waals surface area contributed by atoms with Crippen molar-refractivity contribution < 1.29 is 0 Å². The second-order valence-electron chi connectivity index (χ2n) is 5.05. The number of rotatable bonds is 2. The number of nitrogens with zero attached hydrogens (tertiary/aromatic N) is 2. The lowest BCUT2D eigenvalue weighted by Gasteiger charge is -2.16. The molecule has 18 heavy (non-hydrogen) atoms. The fourth-order valence-electron chi connectivity index (χ4n) is 3.05. The Morgan fingerprint density at radius 1 is 1.44 bits per heavy atom. The van der Waals surface area contributed by atoms with Gasteiger partial charge in [0, 0.05) is 23.5 Å². The number of fused-ring (bicyclic) bond motifs is 1. The van der Waals surface area contributed by atoms with Crippen molar-refractivity contribution >= 4 is 22.6 Å². The van der Waals surface area contributed by atoms with E-state index in [2.05, 4.69) is 17.6 Å². The molecule has 1 fully saturated rings. The van der Waals surface area contributed by atoms with Crippen LogP contribution in [0.2, 0.25) is 5.02 Å². The molecule has 2 aromatic rings. The van der Waals surface area contributed by atoms with Gasteiger partial charge in [-0.25, -0.2) is 4.98 Å². The van der Waals surface area contributed by atoms with Crippen molar-refractivity contribution in [2.75, 3.05) is 0 Å². The van der Waals surface area contributed by atoms with Gasteiger partial charge in [-0.1, -0.05) is 18.0 Å². The van der Waals surface area contributed by atoms with Gasteiger partial charge in [-0.3, -0.25) is 0 Å². The van der Waals surface area contributed by atoms with Crippen molar-refractivity contribution in [2.24, 2.45) is 5.73 Å². The molecule has 3 rings (SSSR count). The molecule has 0 saturated heterocycles. The molecule has 3 nitrogen and oxygen atoms in total. The smallest absolute Gasteiger partial charge is 0.114 e. The van der Waals surface area contributed by atoms with Crippen LogP contribution in [0.15, 0.2) is 18.2 Å². The normalized spacial score (nSPS) is 23.9. The van der Waals surface area contributed by atoms with Gasteiger partial charge in [0.05, 0.1) is 11.0 Å². The van der Waals surface area contributed by atoms with Crippen LogP contribution in [0.5, 0.6) is 0 Å². The Balaban J connectivity index is 2.16. The van der Waals surface area contributed by atoms with Crippen molar-refractivity contribution in [1.82, 2.24) is 9.55 Å². The van der Waals surface area contributed by atoms with Crippen LogP contribution in [-0.2, 0) is 6.54 Å². The first-order valence-corrected chi connectivity index (χ1v) is 6.99. The standard InChI is InChI=1S/C14H18ClN3/c1-2-18-13-7-6-9(15)8-12(13)17-14(18)10-4-3-5-11(10)16/h6-8,10-11H,2-5,16H2,1H3. The molecule has 1 heterocycles. The van der Waals surface area contributed by atoms with Crippen LogP contribution < -0.4 is 5.73 Å². The van der Waals surface area contributed by atoms with E-state index >= 15 is 0 Å². The molecule has 1 aliphatic rings. The summed E-state index contributed by atoms with van der Waals surface area (Å²) in [4.78, 5) is 4.78. The number of benzene rings is 1. The predicted molar refractivity (Wildman–Crippen MR) is 75.0 cm³/mol. The molecule has 2 unspecified atom stereocenters. The van der Waals surface area contributed by atoms with E-state index in [0.29, 0.717) is 5.92 Å². The summed E-state index contributed by atoms with van der Waals surface area (Å²) in [5.41, 5.74) is 8.35. The largest absolute Gasteiger partial charge is 0.328 e. The number of hydrogen-bond acceptors (Lipinski definition) is 2. The van der Waals surface area contributed by atoms with E-state index in [-0.39, 0.29) is 6.04 Å². The van der Waals surface area contributed by atoms with E-state index in [1.807, 2.05) is 12.1 Å². The molecule has 1 saturated carbocycles. The minimum atomic E-state index is 0.252. The molecule has 96 valence electrons. The summed E-state index contributed by atoms with van der Waals surface area (Å²) in [7, 11) is 0. The van der Waals surface area contributed by atoms with Crippen molar-refractivity contribution in [2.45, 2.75) is 44.7 Å². The zero-order chi connectivity index (χ0) is 12.7. The number of halogens is 1. The fourth-order valence-corrected chi connectivity index (χ4v) is 3.21. The summed E-state index contributed by atoms with van der Waals surface area (Å²) in [5.74, 6) is 1.54. The number of imidazole rings is 1. The minimum absolute atomic E-state index is 0.252. The highest BCUT2D eigenvalue weighted by Crippen LogP contribution is 2.34. The third kappa shape index (κ3) is 1.82. The van der Waals surface area contributed by atoms with E-state index in [4.69, 9.17) is 22.3 Å². The summed E-state index contributed by atoms with van der Waals surface area (Å²) in [6, 6.07) is 6.17. The first kappa shape index (κ1) is 12.0. The van der Waals surface area contributed by atoms with Crippen molar-refractivity contribution in [3.63, 3.8) is 0 Å². The first-order chi connectivity index (χ1) is 8.70. The molecular formula is C14H18ClN3. The average molecular weight is 264 g/mol. The van der Waals surface area contributed by atoms with Gasteiger partial charge in [-0.05, 0) is 38.0 Å². The van der Waals surface area contributed by atoms with Crippen LogP contribution in [0.1, 0.15) is 37.9 Å². The maximum atomic E-state index is 6.21. The molecule has 1 aromatic heterocycles. The first-order valence-electron chi connectivity index (χ1n) is 6.62. The van der Waals surface area contributed by atoms with E-state index in [0.717, 1.165) is 41.3 Å². The maximum Gasteiger partial charge on any atom is 0.114 e. The Morgan fingerprint density at radius 2 is 2.28 bits per heavy atom. The van der Waals surface area contributed by atoms with Gasteiger partial charge < -0.3 is 10.3 Å². The quantitative estimate of drug-likeness (QED) is 0.903. The van der Waals surface area contributed by atoms with Gasteiger partial charge in [0.2, 0.25) is 0 Å². The zero-order valence-corrected chi connectivity index (χ0v) is 11.3. The molecule has 0 amide bonds. The highest BCUT2D eigenvalue weighted by Gasteiger charge is 2.29. The van der Waals surface area contributed by atoms with E-state index < -0.39 is 0 Å². The Hall–Kier alpha value is -1.06. The van der Waals surface area contributed by atoms with Crippen LogP contribution in [0.4, 0.5) is 0 Å². The Labute approximate surface area is 112 Å². The maximum absolute atomic E-state index is 6.21.